The fraction of sp³-hybridized carbons (Fsp3) is 0.357. The molecule has 0 spiro atoms. The number of carboxylic acids is 1. The zero-order valence-electron chi connectivity index (χ0n) is 11.4. The average Bonchev–Trinajstić information content (AvgIpc) is 2.67. The second kappa shape index (κ2) is 5.07. The van der Waals surface area contributed by atoms with Gasteiger partial charge in [0.2, 0.25) is 0 Å². The van der Waals surface area contributed by atoms with Crippen LogP contribution in [0.2, 0.25) is 0 Å². The average molecular weight is 301 g/mol. The highest BCUT2D eigenvalue weighted by Gasteiger charge is 2.36. The van der Waals surface area contributed by atoms with E-state index in [0.29, 0.717) is 5.69 Å². The molecule has 0 saturated heterocycles. The number of benzene rings is 1. The first-order chi connectivity index (χ1) is 9.70. The summed E-state index contributed by atoms with van der Waals surface area (Å²) in [6.07, 6.45) is -6.41. The van der Waals surface area contributed by atoms with Gasteiger partial charge in [-0.1, -0.05) is 12.1 Å². The normalized spacial score (nSPS) is 13.6. The summed E-state index contributed by atoms with van der Waals surface area (Å²) < 4.78 is 40.8. The van der Waals surface area contributed by atoms with Crippen molar-refractivity contribution in [1.82, 2.24) is 4.57 Å². The van der Waals surface area contributed by atoms with E-state index in [1.807, 2.05) is 0 Å². The van der Waals surface area contributed by atoms with Gasteiger partial charge in [-0.25, -0.2) is 4.79 Å². The minimum Gasteiger partial charge on any atom is -0.479 e. The van der Waals surface area contributed by atoms with Crippen LogP contribution in [0.5, 0.6) is 0 Å². The Morgan fingerprint density at radius 2 is 2.00 bits per heavy atom. The Bertz CT molecular complexity index is 704. The maximum atomic E-state index is 13.1. The Labute approximate surface area is 118 Å². The Kier molecular flexibility index (Phi) is 3.71. The minimum atomic E-state index is -4.55. The predicted molar refractivity (Wildman–Crippen MR) is 69.9 cm³/mol. The summed E-state index contributed by atoms with van der Waals surface area (Å²) >= 11 is 0. The number of aromatic nitrogens is 1. The van der Waals surface area contributed by atoms with E-state index in [0.717, 1.165) is 6.07 Å². The number of hydrogen-bond donors (Lipinski definition) is 2. The Balaban J connectivity index is 2.92. The minimum absolute atomic E-state index is 0.00505. The first-order valence-electron chi connectivity index (χ1n) is 6.29. The number of aryl methyl sites for hydroxylation is 1. The molecule has 0 saturated carbocycles. The van der Waals surface area contributed by atoms with E-state index in [1.165, 1.54) is 23.6 Å². The van der Waals surface area contributed by atoms with Crippen molar-refractivity contribution < 1.29 is 28.2 Å². The number of aliphatic hydroxyl groups excluding tert-OH is 1. The largest absolute Gasteiger partial charge is 0.479 e. The number of fused-ring (bicyclic) bond motifs is 1. The molecule has 114 valence electrons. The third kappa shape index (κ3) is 2.37. The van der Waals surface area contributed by atoms with Crippen molar-refractivity contribution in [3.63, 3.8) is 0 Å². The van der Waals surface area contributed by atoms with Crippen LogP contribution in [0.15, 0.2) is 18.2 Å². The molecule has 2 rings (SSSR count). The van der Waals surface area contributed by atoms with Crippen molar-refractivity contribution in [1.29, 1.82) is 0 Å². The van der Waals surface area contributed by atoms with Crippen LogP contribution in [-0.4, -0.2) is 20.7 Å². The van der Waals surface area contributed by atoms with Gasteiger partial charge in [-0.2, -0.15) is 13.2 Å². The van der Waals surface area contributed by atoms with Gasteiger partial charge >= 0.3 is 12.1 Å². The Morgan fingerprint density at radius 3 is 2.48 bits per heavy atom. The lowest BCUT2D eigenvalue weighted by atomic mass is 10.0. The van der Waals surface area contributed by atoms with E-state index in [-0.39, 0.29) is 23.0 Å². The van der Waals surface area contributed by atoms with Gasteiger partial charge < -0.3 is 14.8 Å². The van der Waals surface area contributed by atoms with Crippen molar-refractivity contribution in [3.05, 3.63) is 35.0 Å². The fourth-order valence-corrected chi connectivity index (χ4v) is 2.65. The van der Waals surface area contributed by atoms with Crippen molar-refractivity contribution >= 4 is 16.9 Å². The maximum Gasteiger partial charge on any atom is 0.418 e. The van der Waals surface area contributed by atoms with Crippen LogP contribution in [0.4, 0.5) is 13.2 Å². The summed E-state index contributed by atoms with van der Waals surface area (Å²) in [5.74, 6) is -1.49. The molecule has 21 heavy (non-hydrogen) atoms. The molecular formula is C14H14F3NO3. The van der Waals surface area contributed by atoms with E-state index < -0.39 is 23.8 Å². The molecule has 0 amide bonds. The zero-order valence-corrected chi connectivity index (χ0v) is 11.4. The number of carboxylic acid groups (broad SMARTS) is 1. The fourth-order valence-electron chi connectivity index (χ4n) is 2.65. The number of nitrogens with zero attached hydrogens (tertiary/aromatic N) is 1. The highest BCUT2D eigenvalue weighted by molar-refractivity contribution is 5.92. The van der Waals surface area contributed by atoms with Crippen LogP contribution in [0.3, 0.4) is 0 Å². The number of rotatable bonds is 3. The number of aliphatic hydroxyl groups is 1. The second-order valence-electron chi connectivity index (χ2n) is 4.68. The van der Waals surface area contributed by atoms with Gasteiger partial charge in [-0.05, 0) is 19.9 Å². The first kappa shape index (κ1) is 15.4. The molecule has 0 aliphatic carbocycles. The summed E-state index contributed by atoms with van der Waals surface area (Å²) in [7, 11) is 0. The van der Waals surface area contributed by atoms with Gasteiger partial charge in [-0.3, -0.25) is 0 Å². The molecule has 0 fully saturated rings. The van der Waals surface area contributed by atoms with Crippen molar-refractivity contribution in [2.75, 3.05) is 0 Å². The lowest BCUT2D eigenvalue weighted by molar-refractivity contribution is -0.146. The van der Waals surface area contributed by atoms with Crippen molar-refractivity contribution in [2.24, 2.45) is 0 Å². The molecule has 1 unspecified atom stereocenters. The van der Waals surface area contributed by atoms with Gasteiger partial charge in [0.15, 0.2) is 6.10 Å². The van der Waals surface area contributed by atoms with Crippen molar-refractivity contribution in [3.8, 4) is 0 Å². The zero-order chi connectivity index (χ0) is 15.9. The summed E-state index contributed by atoms with van der Waals surface area (Å²) in [5, 5.41) is 18.8. The number of para-hydroxylation sites is 1. The highest BCUT2D eigenvalue weighted by atomic mass is 19.4. The predicted octanol–water partition coefficient (Wildman–Crippen LogP) is 3.11. The molecular weight excluding hydrogens is 287 g/mol. The Morgan fingerprint density at radius 1 is 1.38 bits per heavy atom. The van der Waals surface area contributed by atoms with Crippen LogP contribution < -0.4 is 0 Å². The van der Waals surface area contributed by atoms with Crippen LogP contribution in [-0.2, 0) is 17.5 Å². The lowest BCUT2D eigenvalue weighted by Crippen LogP contribution is -2.11. The molecule has 4 nitrogen and oxygen atoms in total. The van der Waals surface area contributed by atoms with Gasteiger partial charge in [0.25, 0.3) is 0 Å². The third-order valence-electron chi connectivity index (χ3n) is 3.52. The molecule has 1 aromatic heterocycles. The summed E-state index contributed by atoms with van der Waals surface area (Å²) in [5.41, 5.74) is -0.612. The van der Waals surface area contributed by atoms with Crippen LogP contribution >= 0.6 is 0 Å². The standard InChI is InChI=1S/C14H14F3NO3/c1-3-18-7(2)10(12(19)13(20)21)8-5-4-6-9(11(8)18)14(15,16)17/h4-6,12,19H,3H2,1-2H3,(H,20,21). The van der Waals surface area contributed by atoms with Gasteiger partial charge in [0.1, 0.15) is 0 Å². The van der Waals surface area contributed by atoms with Crippen LogP contribution in [0.25, 0.3) is 10.9 Å². The molecule has 7 heteroatoms. The maximum absolute atomic E-state index is 13.1. The van der Waals surface area contributed by atoms with E-state index >= 15 is 0 Å². The van der Waals surface area contributed by atoms with Gasteiger partial charge in [0.05, 0.1) is 11.1 Å². The molecule has 0 aliphatic rings. The van der Waals surface area contributed by atoms with Crippen LogP contribution in [0, 0.1) is 6.92 Å². The van der Waals surface area contributed by atoms with E-state index in [2.05, 4.69) is 0 Å². The molecule has 0 radical (unpaired) electrons. The second-order valence-corrected chi connectivity index (χ2v) is 4.68. The summed E-state index contributed by atoms with van der Waals surface area (Å²) in [6.45, 7) is 3.41. The first-order valence-corrected chi connectivity index (χ1v) is 6.29. The van der Waals surface area contributed by atoms with E-state index in [1.54, 1.807) is 6.92 Å². The number of alkyl halides is 3. The van der Waals surface area contributed by atoms with E-state index in [9.17, 15) is 23.1 Å². The molecule has 1 aromatic carbocycles. The Hall–Kier alpha value is -2.02. The topological polar surface area (TPSA) is 62.5 Å². The van der Waals surface area contributed by atoms with Gasteiger partial charge in [-0.15, -0.1) is 0 Å². The van der Waals surface area contributed by atoms with Gasteiger partial charge in [0, 0.05) is 23.2 Å². The van der Waals surface area contributed by atoms with Crippen molar-refractivity contribution in [2.45, 2.75) is 32.7 Å². The SMILES string of the molecule is CCn1c(C)c(C(O)C(=O)O)c2cccc(C(F)(F)F)c21. The quantitative estimate of drug-likeness (QED) is 0.915. The molecule has 0 aliphatic heterocycles. The number of aliphatic carboxylic acids is 1. The number of hydrogen-bond acceptors (Lipinski definition) is 2. The van der Waals surface area contributed by atoms with Crippen LogP contribution in [0.1, 0.15) is 29.8 Å². The molecule has 1 atom stereocenters. The number of halogens is 3. The molecule has 0 bridgehead atoms. The third-order valence-corrected chi connectivity index (χ3v) is 3.52. The monoisotopic (exact) mass is 301 g/mol. The number of carbonyl (C=O) groups is 1. The smallest absolute Gasteiger partial charge is 0.418 e. The highest BCUT2D eigenvalue weighted by Crippen LogP contribution is 2.39. The van der Waals surface area contributed by atoms with E-state index in [4.69, 9.17) is 5.11 Å². The summed E-state index contributed by atoms with van der Waals surface area (Å²) in [4.78, 5) is 11.0. The lowest BCUT2D eigenvalue weighted by Gasteiger charge is -2.11. The molecule has 1 heterocycles. The summed E-state index contributed by atoms with van der Waals surface area (Å²) in [6, 6.07) is 3.55. The molecule has 2 aromatic rings. The molecule has 2 N–H and O–H groups in total.